The molecule has 0 spiro atoms. The van der Waals surface area contributed by atoms with Crippen molar-refractivity contribution in [1.29, 1.82) is 5.26 Å². The van der Waals surface area contributed by atoms with E-state index in [4.69, 9.17) is 10.4 Å². The highest BCUT2D eigenvalue weighted by molar-refractivity contribution is 5.75. The average molecular weight is 275 g/mol. The number of carboxylic acid groups (broad SMARTS) is 1. The molecule has 1 aromatic carbocycles. The van der Waals surface area contributed by atoms with E-state index >= 15 is 0 Å². The number of hydrogen-bond acceptors (Lipinski definition) is 3. The number of nitrogens with one attached hydrogen (secondary N) is 1. The normalized spacial score (nSPS) is 11.2. The van der Waals surface area contributed by atoms with Crippen molar-refractivity contribution < 1.29 is 14.7 Å². The van der Waals surface area contributed by atoms with Gasteiger partial charge in [0.25, 0.3) is 0 Å². The maximum absolute atomic E-state index is 11.8. The number of carboxylic acids is 1. The lowest BCUT2D eigenvalue weighted by molar-refractivity contribution is -0.137. The summed E-state index contributed by atoms with van der Waals surface area (Å²) in [6.45, 7) is 1.98. The van der Waals surface area contributed by atoms with Crippen molar-refractivity contribution in [2.75, 3.05) is 13.6 Å². The minimum atomic E-state index is -0.940. The van der Waals surface area contributed by atoms with E-state index in [-0.39, 0.29) is 25.0 Å². The van der Waals surface area contributed by atoms with Gasteiger partial charge in [-0.25, -0.2) is 4.79 Å². The van der Waals surface area contributed by atoms with Crippen LogP contribution in [0.1, 0.15) is 30.5 Å². The molecule has 0 heterocycles. The molecule has 0 bridgehead atoms. The Morgan fingerprint density at radius 1 is 1.40 bits per heavy atom. The lowest BCUT2D eigenvalue weighted by Gasteiger charge is -2.21. The summed E-state index contributed by atoms with van der Waals surface area (Å²) in [5.74, 6) is -0.940. The zero-order valence-electron chi connectivity index (χ0n) is 11.5. The Labute approximate surface area is 117 Å². The molecule has 0 aliphatic heterocycles. The maximum Gasteiger partial charge on any atom is 0.317 e. The topological polar surface area (TPSA) is 93.4 Å². The van der Waals surface area contributed by atoms with Gasteiger partial charge in [-0.05, 0) is 24.6 Å². The summed E-state index contributed by atoms with van der Waals surface area (Å²) in [4.78, 5) is 23.6. The van der Waals surface area contributed by atoms with Crippen LogP contribution in [0.4, 0.5) is 4.79 Å². The Morgan fingerprint density at radius 3 is 2.50 bits per heavy atom. The summed E-state index contributed by atoms with van der Waals surface area (Å²) in [5.41, 5.74) is 1.44. The summed E-state index contributed by atoms with van der Waals surface area (Å²) < 4.78 is 0. The fraction of sp³-hybridized carbons (Fsp3) is 0.357. The number of aliphatic carboxylic acids is 1. The first-order valence-corrected chi connectivity index (χ1v) is 6.17. The summed E-state index contributed by atoms with van der Waals surface area (Å²) in [6, 6.07) is 8.41. The second kappa shape index (κ2) is 7.14. The molecule has 1 rings (SSSR count). The predicted molar refractivity (Wildman–Crippen MR) is 73.0 cm³/mol. The van der Waals surface area contributed by atoms with E-state index in [2.05, 4.69) is 5.32 Å². The molecule has 2 N–H and O–H groups in total. The number of urea groups is 1. The van der Waals surface area contributed by atoms with Gasteiger partial charge in [0, 0.05) is 13.6 Å². The van der Waals surface area contributed by atoms with Crippen molar-refractivity contribution in [2.24, 2.45) is 0 Å². The molecule has 20 heavy (non-hydrogen) atoms. The van der Waals surface area contributed by atoms with Crippen LogP contribution >= 0.6 is 0 Å². The molecule has 6 nitrogen and oxygen atoms in total. The number of carbonyl (C=O) groups is 2. The van der Waals surface area contributed by atoms with Crippen LogP contribution in [0, 0.1) is 11.3 Å². The number of hydrogen-bond donors (Lipinski definition) is 2. The Kier molecular flexibility index (Phi) is 5.54. The van der Waals surface area contributed by atoms with Crippen molar-refractivity contribution in [3.63, 3.8) is 0 Å². The van der Waals surface area contributed by atoms with Crippen LogP contribution in [0.2, 0.25) is 0 Å². The Hall–Kier alpha value is -2.55. The molecule has 0 fully saturated rings. The molecule has 0 saturated carbocycles. The fourth-order valence-electron chi connectivity index (χ4n) is 1.59. The van der Waals surface area contributed by atoms with Gasteiger partial charge in [-0.15, -0.1) is 0 Å². The molecule has 0 saturated heterocycles. The zero-order chi connectivity index (χ0) is 15.1. The van der Waals surface area contributed by atoms with Crippen LogP contribution < -0.4 is 5.32 Å². The largest absolute Gasteiger partial charge is 0.481 e. The summed E-state index contributed by atoms with van der Waals surface area (Å²) in [6.07, 6.45) is -0.0881. The summed E-state index contributed by atoms with van der Waals surface area (Å²) in [5, 5.41) is 20.1. The number of nitriles is 1. The molecule has 1 atom stereocenters. The van der Waals surface area contributed by atoms with E-state index in [0.717, 1.165) is 5.56 Å². The molecule has 0 aliphatic rings. The third-order valence-electron chi connectivity index (χ3n) is 2.89. The fourth-order valence-corrected chi connectivity index (χ4v) is 1.59. The molecular formula is C14H17N3O3. The highest BCUT2D eigenvalue weighted by atomic mass is 16.4. The minimum absolute atomic E-state index is 0.0881. The standard InChI is InChI=1S/C14H17N3O3/c1-10(12-5-3-11(9-15)4-6-12)16-14(20)17(2)8-7-13(18)19/h3-6,10H,7-8H2,1-2H3,(H,16,20)(H,18,19). The number of carbonyl (C=O) groups excluding carboxylic acids is 1. The van der Waals surface area contributed by atoms with Gasteiger partial charge >= 0.3 is 12.0 Å². The Balaban J connectivity index is 2.56. The highest BCUT2D eigenvalue weighted by Gasteiger charge is 2.14. The van der Waals surface area contributed by atoms with E-state index < -0.39 is 5.97 Å². The van der Waals surface area contributed by atoms with E-state index in [1.807, 2.05) is 13.0 Å². The van der Waals surface area contributed by atoms with E-state index in [1.54, 1.807) is 31.3 Å². The number of rotatable bonds is 5. The van der Waals surface area contributed by atoms with Crippen molar-refractivity contribution in [3.8, 4) is 6.07 Å². The molecule has 1 aromatic rings. The molecule has 2 amide bonds. The van der Waals surface area contributed by atoms with Crippen molar-refractivity contribution in [3.05, 3.63) is 35.4 Å². The van der Waals surface area contributed by atoms with Crippen molar-refractivity contribution in [2.45, 2.75) is 19.4 Å². The quantitative estimate of drug-likeness (QED) is 0.855. The smallest absolute Gasteiger partial charge is 0.317 e. The Bertz CT molecular complexity index is 519. The first kappa shape index (κ1) is 15.5. The van der Waals surface area contributed by atoms with Gasteiger partial charge in [0.15, 0.2) is 0 Å². The molecule has 0 radical (unpaired) electrons. The summed E-state index contributed by atoms with van der Waals surface area (Å²) >= 11 is 0. The summed E-state index contributed by atoms with van der Waals surface area (Å²) in [7, 11) is 1.55. The third kappa shape index (κ3) is 4.61. The molecular weight excluding hydrogens is 258 g/mol. The molecule has 1 unspecified atom stereocenters. The molecule has 6 heteroatoms. The Morgan fingerprint density at radius 2 is 2.00 bits per heavy atom. The number of benzene rings is 1. The highest BCUT2D eigenvalue weighted by Crippen LogP contribution is 2.13. The van der Waals surface area contributed by atoms with E-state index in [1.165, 1.54) is 4.90 Å². The van der Waals surface area contributed by atoms with Gasteiger partial charge in [-0.2, -0.15) is 5.26 Å². The van der Waals surface area contributed by atoms with Crippen LogP contribution in [0.15, 0.2) is 24.3 Å². The van der Waals surface area contributed by atoms with E-state index in [9.17, 15) is 9.59 Å². The van der Waals surface area contributed by atoms with Crippen LogP contribution in [-0.2, 0) is 4.79 Å². The lowest BCUT2D eigenvalue weighted by atomic mass is 10.1. The minimum Gasteiger partial charge on any atom is -0.481 e. The zero-order valence-corrected chi connectivity index (χ0v) is 11.5. The molecule has 0 aromatic heterocycles. The van der Waals surface area contributed by atoms with Crippen LogP contribution in [0.3, 0.4) is 0 Å². The van der Waals surface area contributed by atoms with Gasteiger partial charge in [-0.3, -0.25) is 4.79 Å². The average Bonchev–Trinajstić information content (AvgIpc) is 2.44. The third-order valence-corrected chi connectivity index (χ3v) is 2.89. The van der Waals surface area contributed by atoms with Gasteiger partial charge in [0.2, 0.25) is 0 Å². The first-order chi connectivity index (χ1) is 9.43. The molecule has 106 valence electrons. The van der Waals surface area contributed by atoms with Crippen LogP contribution in [-0.4, -0.2) is 35.6 Å². The second-order valence-corrected chi connectivity index (χ2v) is 4.47. The lowest BCUT2D eigenvalue weighted by Crippen LogP contribution is -2.39. The second-order valence-electron chi connectivity index (χ2n) is 4.47. The van der Waals surface area contributed by atoms with Gasteiger partial charge in [-0.1, -0.05) is 12.1 Å². The first-order valence-electron chi connectivity index (χ1n) is 6.17. The van der Waals surface area contributed by atoms with Crippen LogP contribution in [0.5, 0.6) is 0 Å². The SMILES string of the molecule is CC(NC(=O)N(C)CCC(=O)O)c1ccc(C#N)cc1. The predicted octanol–water partition coefficient (Wildman–Crippen LogP) is 1.74. The van der Waals surface area contributed by atoms with Gasteiger partial charge in [0.05, 0.1) is 24.1 Å². The van der Waals surface area contributed by atoms with Crippen molar-refractivity contribution in [1.82, 2.24) is 10.2 Å². The van der Waals surface area contributed by atoms with Gasteiger partial charge < -0.3 is 15.3 Å². The van der Waals surface area contributed by atoms with Gasteiger partial charge in [0.1, 0.15) is 0 Å². The number of amides is 2. The number of nitrogens with zero attached hydrogens (tertiary/aromatic N) is 2. The van der Waals surface area contributed by atoms with Crippen LogP contribution in [0.25, 0.3) is 0 Å². The monoisotopic (exact) mass is 275 g/mol. The van der Waals surface area contributed by atoms with E-state index in [0.29, 0.717) is 5.56 Å². The molecule has 0 aliphatic carbocycles. The maximum atomic E-state index is 11.8. The van der Waals surface area contributed by atoms with Crippen molar-refractivity contribution >= 4 is 12.0 Å².